The van der Waals surface area contributed by atoms with E-state index in [1.165, 1.54) is 0 Å². The molecule has 0 atom stereocenters. The van der Waals surface area contributed by atoms with Crippen LogP contribution in [0.1, 0.15) is 5.56 Å². The van der Waals surface area contributed by atoms with Crippen LogP contribution in [-0.2, 0) is 11.3 Å². The van der Waals surface area contributed by atoms with Crippen molar-refractivity contribution in [1.29, 1.82) is 0 Å². The minimum Gasteiger partial charge on any atom is -0.380 e. The molecule has 0 aliphatic carbocycles. The van der Waals surface area contributed by atoms with Crippen LogP contribution in [-0.4, -0.2) is 12.1 Å². The summed E-state index contributed by atoms with van der Waals surface area (Å²) in [6.07, 6.45) is 1.73. The van der Waals surface area contributed by atoms with E-state index < -0.39 is 0 Å². The summed E-state index contributed by atoms with van der Waals surface area (Å²) >= 11 is 6.73. The molecule has 0 saturated heterocycles. The van der Waals surface area contributed by atoms with Gasteiger partial charge in [0.25, 0.3) is 0 Å². The Hall–Kier alpha value is 0.0700. The van der Waals surface area contributed by atoms with Crippen molar-refractivity contribution >= 4 is 31.9 Å². The second kappa shape index (κ2) is 4.18. The Morgan fingerprint density at radius 3 is 2.82 bits per heavy atom. The molecule has 4 heteroatoms. The van der Waals surface area contributed by atoms with Crippen LogP contribution in [0.25, 0.3) is 0 Å². The van der Waals surface area contributed by atoms with E-state index in [2.05, 4.69) is 36.8 Å². The van der Waals surface area contributed by atoms with Crippen molar-refractivity contribution in [2.75, 3.05) is 7.11 Å². The van der Waals surface area contributed by atoms with Crippen LogP contribution in [0.5, 0.6) is 0 Å². The van der Waals surface area contributed by atoms with E-state index in [-0.39, 0.29) is 0 Å². The molecule has 0 amide bonds. The molecule has 0 aliphatic heterocycles. The van der Waals surface area contributed by atoms with Crippen molar-refractivity contribution in [3.05, 3.63) is 26.9 Å². The predicted molar refractivity (Wildman–Crippen MR) is 50.4 cm³/mol. The molecule has 0 radical (unpaired) electrons. The van der Waals surface area contributed by atoms with Crippen molar-refractivity contribution in [1.82, 2.24) is 4.98 Å². The summed E-state index contributed by atoms with van der Waals surface area (Å²) in [4.78, 5) is 4.07. The van der Waals surface area contributed by atoms with E-state index in [0.717, 1.165) is 14.6 Å². The molecule has 0 aliphatic rings. The number of pyridine rings is 1. The lowest BCUT2D eigenvalue weighted by Gasteiger charge is -2.03. The molecule has 1 aromatic rings. The standard InChI is InChI=1S/C7H7Br2NO/c1-11-4-5-6(8)2-3-10-7(5)9/h2-3H,4H2,1H3. The van der Waals surface area contributed by atoms with E-state index in [9.17, 15) is 0 Å². The highest BCUT2D eigenvalue weighted by atomic mass is 79.9. The van der Waals surface area contributed by atoms with Crippen LogP contribution in [0, 0.1) is 0 Å². The monoisotopic (exact) mass is 279 g/mol. The summed E-state index contributed by atoms with van der Waals surface area (Å²) in [5.41, 5.74) is 1.04. The van der Waals surface area contributed by atoms with Gasteiger partial charge in [-0.25, -0.2) is 4.98 Å². The molecule has 11 heavy (non-hydrogen) atoms. The molecule has 0 aromatic carbocycles. The number of aromatic nitrogens is 1. The zero-order valence-electron chi connectivity index (χ0n) is 5.97. The van der Waals surface area contributed by atoms with Gasteiger partial charge >= 0.3 is 0 Å². The molecular formula is C7H7Br2NO. The quantitative estimate of drug-likeness (QED) is 0.777. The minimum absolute atomic E-state index is 0.564. The second-order valence-corrected chi connectivity index (χ2v) is 3.60. The fourth-order valence-corrected chi connectivity index (χ4v) is 1.85. The zero-order valence-corrected chi connectivity index (χ0v) is 9.15. The summed E-state index contributed by atoms with van der Waals surface area (Å²) < 4.78 is 6.83. The molecule has 1 aromatic heterocycles. The highest BCUT2D eigenvalue weighted by Gasteiger charge is 2.03. The topological polar surface area (TPSA) is 22.1 Å². The van der Waals surface area contributed by atoms with Gasteiger partial charge in [0, 0.05) is 23.3 Å². The largest absolute Gasteiger partial charge is 0.380 e. The first kappa shape index (κ1) is 9.16. The first-order chi connectivity index (χ1) is 5.25. The lowest BCUT2D eigenvalue weighted by molar-refractivity contribution is 0.183. The van der Waals surface area contributed by atoms with Gasteiger partial charge in [-0.3, -0.25) is 0 Å². The number of halogens is 2. The Labute approximate surface area is 82.2 Å². The molecular weight excluding hydrogens is 274 g/mol. The molecule has 60 valence electrons. The Morgan fingerprint density at radius 1 is 1.55 bits per heavy atom. The van der Waals surface area contributed by atoms with Crippen molar-refractivity contribution in [3.8, 4) is 0 Å². The third kappa shape index (κ3) is 2.25. The third-order valence-corrected chi connectivity index (χ3v) is 2.66. The van der Waals surface area contributed by atoms with Crippen LogP contribution in [0.2, 0.25) is 0 Å². The molecule has 0 unspecified atom stereocenters. The Balaban J connectivity index is 3.00. The van der Waals surface area contributed by atoms with Crippen LogP contribution in [0.4, 0.5) is 0 Å². The normalized spacial score (nSPS) is 10.1. The lowest BCUT2D eigenvalue weighted by Crippen LogP contribution is -1.92. The maximum Gasteiger partial charge on any atom is 0.112 e. The SMILES string of the molecule is COCc1c(Br)ccnc1Br. The van der Waals surface area contributed by atoms with Crippen LogP contribution in [0.3, 0.4) is 0 Å². The summed E-state index contributed by atoms with van der Waals surface area (Å²) in [7, 11) is 1.66. The fourth-order valence-electron chi connectivity index (χ4n) is 0.718. The first-order valence-electron chi connectivity index (χ1n) is 3.03. The summed E-state index contributed by atoms with van der Waals surface area (Å²) in [6, 6.07) is 1.89. The van der Waals surface area contributed by atoms with E-state index >= 15 is 0 Å². The highest BCUT2D eigenvalue weighted by molar-refractivity contribution is 9.11. The molecule has 1 rings (SSSR count). The average Bonchev–Trinajstić information content (AvgIpc) is 1.97. The zero-order chi connectivity index (χ0) is 8.27. The Kier molecular flexibility index (Phi) is 3.48. The number of nitrogens with zero attached hydrogens (tertiary/aromatic N) is 1. The van der Waals surface area contributed by atoms with Gasteiger partial charge in [-0.1, -0.05) is 15.9 Å². The molecule has 2 nitrogen and oxygen atoms in total. The van der Waals surface area contributed by atoms with Gasteiger partial charge in [-0.15, -0.1) is 0 Å². The average molecular weight is 281 g/mol. The van der Waals surface area contributed by atoms with Crippen molar-refractivity contribution in [2.24, 2.45) is 0 Å². The van der Waals surface area contributed by atoms with Gasteiger partial charge in [0.1, 0.15) is 4.60 Å². The van der Waals surface area contributed by atoms with E-state index in [1.54, 1.807) is 13.3 Å². The van der Waals surface area contributed by atoms with Crippen LogP contribution in [0.15, 0.2) is 21.3 Å². The maximum absolute atomic E-state index is 4.99. The highest BCUT2D eigenvalue weighted by Crippen LogP contribution is 2.23. The Morgan fingerprint density at radius 2 is 2.27 bits per heavy atom. The van der Waals surface area contributed by atoms with Crippen LogP contribution < -0.4 is 0 Å². The molecule has 1 heterocycles. The van der Waals surface area contributed by atoms with Gasteiger partial charge < -0.3 is 4.74 Å². The fraction of sp³-hybridized carbons (Fsp3) is 0.286. The van der Waals surface area contributed by atoms with Crippen molar-refractivity contribution < 1.29 is 4.74 Å². The predicted octanol–water partition coefficient (Wildman–Crippen LogP) is 2.75. The van der Waals surface area contributed by atoms with E-state index in [1.807, 2.05) is 6.07 Å². The smallest absolute Gasteiger partial charge is 0.112 e. The summed E-state index contributed by atoms with van der Waals surface area (Å²) in [5, 5.41) is 0. The van der Waals surface area contributed by atoms with Gasteiger partial charge in [-0.2, -0.15) is 0 Å². The number of rotatable bonds is 2. The molecule has 0 bridgehead atoms. The van der Waals surface area contributed by atoms with Gasteiger partial charge in [-0.05, 0) is 22.0 Å². The van der Waals surface area contributed by atoms with Crippen molar-refractivity contribution in [3.63, 3.8) is 0 Å². The molecule has 0 fully saturated rings. The minimum atomic E-state index is 0.564. The summed E-state index contributed by atoms with van der Waals surface area (Å²) in [5.74, 6) is 0. The van der Waals surface area contributed by atoms with Gasteiger partial charge in [0.15, 0.2) is 0 Å². The second-order valence-electron chi connectivity index (χ2n) is 2.00. The van der Waals surface area contributed by atoms with E-state index in [4.69, 9.17) is 4.74 Å². The number of ether oxygens (including phenoxy) is 1. The third-order valence-electron chi connectivity index (χ3n) is 1.23. The number of hydrogen-bond donors (Lipinski definition) is 0. The van der Waals surface area contributed by atoms with Crippen LogP contribution >= 0.6 is 31.9 Å². The molecule has 0 saturated carbocycles. The maximum atomic E-state index is 4.99. The lowest BCUT2D eigenvalue weighted by atomic mass is 10.3. The van der Waals surface area contributed by atoms with Crippen molar-refractivity contribution in [2.45, 2.75) is 6.61 Å². The molecule has 0 N–H and O–H groups in total. The first-order valence-corrected chi connectivity index (χ1v) is 4.62. The Bertz CT molecular complexity index is 232. The number of methoxy groups -OCH3 is 1. The summed E-state index contributed by atoms with van der Waals surface area (Å²) in [6.45, 7) is 0.564. The van der Waals surface area contributed by atoms with Gasteiger partial charge in [0.05, 0.1) is 6.61 Å². The number of hydrogen-bond acceptors (Lipinski definition) is 2. The van der Waals surface area contributed by atoms with E-state index in [0.29, 0.717) is 6.61 Å². The molecule has 0 spiro atoms. The van der Waals surface area contributed by atoms with Gasteiger partial charge in [0.2, 0.25) is 0 Å².